The molecule has 0 aromatic heterocycles. The molecule has 42 heavy (non-hydrogen) atoms. The predicted molar refractivity (Wildman–Crippen MR) is 170 cm³/mol. The molecule has 0 aliphatic carbocycles. The Morgan fingerprint density at radius 2 is 1.69 bits per heavy atom. The first kappa shape index (κ1) is 33.1. The van der Waals surface area contributed by atoms with E-state index in [1.54, 1.807) is 30.3 Å². The molecule has 0 saturated heterocycles. The van der Waals surface area contributed by atoms with Gasteiger partial charge in [-0.3, -0.25) is 13.9 Å². The number of benzene rings is 3. The molecule has 1 atom stereocenters. The monoisotopic (exact) mass is 657 g/mol. The lowest BCUT2D eigenvalue weighted by atomic mass is 10.1. The van der Waals surface area contributed by atoms with Gasteiger partial charge in [0.25, 0.3) is 10.0 Å². The number of anilines is 1. The minimum Gasteiger partial charge on any atom is -0.496 e. The molecule has 3 aromatic rings. The van der Waals surface area contributed by atoms with Crippen molar-refractivity contribution in [2.45, 2.75) is 64.4 Å². The van der Waals surface area contributed by atoms with E-state index in [4.69, 9.17) is 4.74 Å². The third-order valence-electron chi connectivity index (χ3n) is 7.13. The zero-order valence-electron chi connectivity index (χ0n) is 24.9. The number of nitrogens with one attached hydrogen (secondary N) is 1. The van der Waals surface area contributed by atoms with Gasteiger partial charge in [0.2, 0.25) is 11.8 Å². The normalized spacial score (nSPS) is 12.0. The van der Waals surface area contributed by atoms with Gasteiger partial charge in [-0.15, -0.1) is 0 Å². The molecule has 1 unspecified atom stereocenters. The highest BCUT2D eigenvalue weighted by molar-refractivity contribution is 9.10. The lowest BCUT2D eigenvalue weighted by Gasteiger charge is -2.33. The molecule has 8 nitrogen and oxygen atoms in total. The number of sulfonamides is 1. The van der Waals surface area contributed by atoms with Gasteiger partial charge in [0, 0.05) is 13.1 Å². The Labute approximate surface area is 258 Å². The summed E-state index contributed by atoms with van der Waals surface area (Å²) in [4.78, 5) is 29.0. The van der Waals surface area contributed by atoms with Crippen LogP contribution in [-0.4, -0.2) is 51.4 Å². The number of carbonyl (C=O) groups is 2. The third kappa shape index (κ3) is 8.13. The van der Waals surface area contributed by atoms with E-state index >= 15 is 0 Å². The number of hydrogen-bond acceptors (Lipinski definition) is 5. The van der Waals surface area contributed by atoms with Crippen LogP contribution in [0.4, 0.5) is 5.69 Å². The number of nitrogens with zero attached hydrogens (tertiary/aromatic N) is 2. The molecule has 3 rings (SSSR count). The number of carbonyl (C=O) groups excluding carboxylic acids is 2. The summed E-state index contributed by atoms with van der Waals surface area (Å²) in [7, 11) is -2.70. The van der Waals surface area contributed by atoms with Crippen LogP contribution >= 0.6 is 15.9 Å². The summed E-state index contributed by atoms with van der Waals surface area (Å²) in [5, 5.41) is 2.95. The van der Waals surface area contributed by atoms with Gasteiger partial charge in [-0.2, -0.15) is 0 Å². The summed E-state index contributed by atoms with van der Waals surface area (Å²) in [6.07, 6.45) is 2.12. The number of ether oxygens (including phenoxy) is 1. The SMILES string of the molecule is CCCCNC(=O)C(CC)N(Cc1ccccc1C)C(=O)CN(c1ccc(C)cc1)S(=O)(=O)c1ccc(OC)c(Br)c1. The molecule has 0 heterocycles. The first-order chi connectivity index (χ1) is 20.0. The lowest BCUT2D eigenvalue weighted by molar-refractivity contribution is -0.140. The van der Waals surface area contributed by atoms with E-state index in [0.717, 1.165) is 33.8 Å². The van der Waals surface area contributed by atoms with Crippen LogP contribution in [0.2, 0.25) is 0 Å². The maximum absolute atomic E-state index is 14.2. The molecule has 1 N–H and O–H groups in total. The number of aryl methyl sites for hydroxylation is 2. The molecule has 0 aliphatic heterocycles. The smallest absolute Gasteiger partial charge is 0.264 e. The fraction of sp³-hybridized carbons (Fsp3) is 0.375. The highest BCUT2D eigenvalue weighted by Gasteiger charge is 2.34. The average Bonchev–Trinajstić information content (AvgIpc) is 2.97. The van der Waals surface area contributed by atoms with Gasteiger partial charge < -0.3 is 15.0 Å². The second kappa shape index (κ2) is 15.2. The van der Waals surface area contributed by atoms with Crippen molar-refractivity contribution >= 4 is 43.5 Å². The summed E-state index contributed by atoms with van der Waals surface area (Å²) in [5.74, 6) is -0.250. The average molecular weight is 659 g/mol. The van der Waals surface area contributed by atoms with Crippen molar-refractivity contribution in [2.24, 2.45) is 0 Å². The first-order valence-corrected chi connectivity index (χ1v) is 16.3. The summed E-state index contributed by atoms with van der Waals surface area (Å²) in [5.41, 5.74) is 3.15. The van der Waals surface area contributed by atoms with E-state index in [0.29, 0.717) is 28.9 Å². The van der Waals surface area contributed by atoms with Crippen molar-refractivity contribution < 1.29 is 22.7 Å². The van der Waals surface area contributed by atoms with Crippen LogP contribution in [0.15, 0.2) is 76.1 Å². The second-order valence-electron chi connectivity index (χ2n) is 10.2. The fourth-order valence-corrected chi connectivity index (χ4v) is 6.70. The molecule has 0 aliphatic rings. The Balaban J connectivity index is 2.07. The van der Waals surface area contributed by atoms with Crippen LogP contribution in [0, 0.1) is 13.8 Å². The molecule has 10 heteroatoms. The minimum absolute atomic E-state index is 0.00152. The van der Waals surface area contributed by atoms with E-state index in [-0.39, 0.29) is 17.3 Å². The second-order valence-corrected chi connectivity index (χ2v) is 12.9. The summed E-state index contributed by atoms with van der Waals surface area (Å²) < 4.78 is 35.1. The highest BCUT2D eigenvalue weighted by atomic mass is 79.9. The number of amides is 2. The van der Waals surface area contributed by atoms with Crippen LogP contribution < -0.4 is 14.4 Å². The van der Waals surface area contributed by atoms with Crippen LogP contribution in [0.1, 0.15) is 49.8 Å². The minimum atomic E-state index is -4.19. The van der Waals surface area contributed by atoms with Crippen molar-refractivity contribution in [3.8, 4) is 5.75 Å². The summed E-state index contributed by atoms with van der Waals surface area (Å²) >= 11 is 3.38. The Hall–Kier alpha value is -3.37. The van der Waals surface area contributed by atoms with Crippen molar-refractivity contribution in [3.05, 3.63) is 87.9 Å². The maximum Gasteiger partial charge on any atom is 0.264 e. The zero-order valence-corrected chi connectivity index (χ0v) is 27.3. The van der Waals surface area contributed by atoms with E-state index in [1.807, 2.05) is 52.0 Å². The van der Waals surface area contributed by atoms with Crippen LogP contribution in [0.3, 0.4) is 0 Å². The van der Waals surface area contributed by atoms with Gasteiger partial charge in [-0.1, -0.05) is 62.2 Å². The zero-order chi connectivity index (χ0) is 30.9. The van der Waals surface area contributed by atoms with Gasteiger partial charge >= 0.3 is 0 Å². The van der Waals surface area contributed by atoms with Gasteiger partial charge in [0.15, 0.2) is 0 Å². The van der Waals surface area contributed by atoms with Crippen LogP contribution in [0.25, 0.3) is 0 Å². The molecule has 2 amide bonds. The molecule has 0 radical (unpaired) electrons. The number of hydrogen-bond donors (Lipinski definition) is 1. The van der Waals surface area contributed by atoms with Crippen molar-refractivity contribution in [2.75, 3.05) is 24.5 Å². The van der Waals surface area contributed by atoms with Crippen LogP contribution in [0.5, 0.6) is 5.75 Å². The van der Waals surface area contributed by atoms with E-state index in [1.165, 1.54) is 24.1 Å². The van der Waals surface area contributed by atoms with Crippen molar-refractivity contribution in [1.29, 1.82) is 0 Å². The molecule has 3 aromatic carbocycles. The summed E-state index contributed by atoms with van der Waals surface area (Å²) in [6.45, 7) is 7.94. The number of rotatable bonds is 14. The number of methoxy groups -OCH3 is 1. The number of unbranched alkanes of at least 4 members (excludes halogenated alkanes) is 1. The Morgan fingerprint density at radius 3 is 2.29 bits per heavy atom. The first-order valence-electron chi connectivity index (χ1n) is 14.1. The third-order valence-corrected chi connectivity index (χ3v) is 9.52. The predicted octanol–water partition coefficient (Wildman–Crippen LogP) is 5.99. The Kier molecular flexibility index (Phi) is 12.0. The van der Waals surface area contributed by atoms with Crippen molar-refractivity contribution in [3.63, 3.8) is 0 Å². The Bertz CT molecular complexity index is 1480. The summed E-state index contributed by atoms with van der Waals surface area (Å²) in [6, 6.07) is 18.3. The molecular formula is C32H40BrN3O5S. The molecular weight excluding hydrogens is 618 g/mol. The van der Waals surface area contributed by atoms with Gasteiger partial charge in [0.05, 0.1) is 22.2 Å². The largest absolute Gasteiger partial charge is 0.496 e. The van der Waals surface area contributed by atoms with E-state index < -0.39 is 28.5 Å². The number of halogens is 1. The molecule has 0 saturated carbocycles. The maximum atomic E-state index is 14.2. The van der Waals surface area contributed by atoms with E-state index in [9.17, 15) is 18.0 Å². The highest BCUT2D eigenvalue weighted by Crippen LogP contribution is 2.31. The van der Waals surface area contributed by atoms with Gasteiger partial charge in [-0.05, 0) is 84.1 Å². The quantitative estimate of drug-likeness (QED) is 0.215. The van der Waals surface area contributed by atoms with Crippen molar-refractivity contribution in [1.82, 2.24) is 10.2 Å². The van der Waals surface area contributed by atoms with Crippen LogP contribution in [-0.2, 0) is 26.2 Å². The standard InChI is InChI=1S/C32H40BrN3O5S/c1-6-8-19-34-32(38)29(7-2)35(21-25-12-10-9-11-24(25)4)31(37)22-36(26-15-13-23(3)14-16-26)42(39,40)27-17-18-30(41-5)28(33)20-27/h9-18,20,29H,6-8,19,21-22H2,1-5H3,(H,34,38). The molecule has 0 fully saturated rings. The molecule has 226 valence electrons. The van der Waals surface area contributed by atoms with Gasteiger partial charge in [0.1, 0.15) is 18.3 Å². The fourth-order valence-electron chi connectivity index (χ4n) is 4.57. The Morgan fingerprint density at radius 1 is 1.00 bits per heavy atom. The topological polar surface area (TPSA) is 96.0 Å². The van der Waals surface area contributed by atoms with E-state index in [2.05, 4.69) is 21.2 Å². The molecule has 0 bridgehead atoms. The van der Waals surface area contributed by atoms with Gasteiger partial charge in [-0.25, -0.2) is 8.42 Å². The lowest BCUT2D eigenvalue weighted by Crippen LogP contribution is -2.52. The molecule has 0 spiro atoms.